The van der Waals surface area contributed by atoms with Crippen molar-refractivity contribution in [3.8, 4) is 5.69 Å². The van der Waals surface area contributed by atoms with E-state index in [0.717, 1.165) is 11.6 Å². The van der Waals surface area contributed by atoms with Crippen LogP contribution >= 0.6 is 0 Å². The average Bonchev–Trinajstić information content (AvgIpc) is 3.16. The van der Waals surface area contributed by atoms with Crippen molar-refractivity contribution in [3.63, 3.8) is 0 Å². The van der Waals surface area contributed by atoms with Crippen LogP contribution in [0.25, 0.3) is 5.69 Å². The van der Waals surface area contributed by atoms with Crippen LogP contribution in [0.3, 0.4) is 0 Å². The molecule has 6 nitrogen and oxygen atoms in total. The second-order valence-electron chi connectivity index (χ2n) is 8.20. The Hall–Kier alpha value is -4.14. The Bertz CT molecular complexity index is 1420. The topological polar surface area (TPSA) is 68.9 Å². The average molecular weight is 480 g/mol. The van der Waals surface area contributed by atoms with Gasteiger partial charge in [-0.05, 0) is 55.3 Å². The normalized spacial score (nSPS) is 11.5. The third-order valence-electron chi connectivity index (χ3n) is 5.55. The van der Waals surface area contributed by atoms with Crippen molar-refractivity contribution >= 4 is 5.91 Å². The molecule has 2 heterocycles. The molecule has 1 N–H and O–H groups in total. The molecule has 35 heavy (non-hydrogen) atoms. The number of nitrogens with one attached hydrogen (secondary N) is 1. The molecule has 0 fully saturated rings. The molecule has 0 atom stereocenters. The van der Waals surface area contributed by atoms with Crippen molar-refractivity contribution in [2.45, 2.75) is 33.1 Å². The number of benzene rings is 2. The molecule has 0 spiro atoms. The van der Waals surface area contributed by atoms with Crippen LogP contribution in [0.4, 0.5) is 13.2 Å². The molecule has 0 saturated heterocycles. The summed E-state index contributed by atoms with van der Waals surface area (Å²) in [6.45, 7) is 3.40. The number of hydrogen-bond donors (Lipinski definition) is 1. The van der Waals surface area contributed by atoms with E-state index in [-0.39, 0.29) is 23.4 Å². The van der Waals surface area contributed by atoms with Gasteiger partial charge in [0, 0.05) is 18.4 Å². The highest BCUT2D eigenvalue weighted by molar-refractivity contribution is 5.93. The predicted octanol–water partition coefficient (Wildman–Crippen LogP) is 4.65. The van der Waals surface area contributed by atoms with Crippen molar-refractivity contribution in [2.75, 3.05) is 0 Å². The summed E-state index contributed by atoms with van der Waals surface area (Å²) in [7, 11) is 0. The lowest BCUT2D eigenvalue weighted by molar-refractivity contribution is -0.138. The third kappa shape index (κ3) is 5.34. The lowest BCUT2D eigenvalue weighted by Crippen LogP contribution is -2.33. The van der Waals surface area contributed by atoms with Gasteiger partial charge in [0.15, 0.2) is 0 Å². The highest BCUT2D eigenvalue weighted by Gasteiger charge is 2.34. The van der Waals surface area contributed by atoms with Gasteiger partial charge in [0.1, 0.15) is 5.56 Å². The lowest BCUT2D eigenvalue weighted by Gasteiger charge is -2.16. The maximum Gasteiger partial charge on any atom is 0.416 e. The molecule has 180 valence electrons. The van der Waals surface area contributed by atoms with Crippen LogP contribution < -0.4 is 10.9 Å². The first-order chi connectivity index (χ1) is 16.6. The fraction of sp³-hybridized carbons (Fsp3) is 0.192. The smallest absolute Gasteiger partial charge is 0.348 e. The Morgan fingerprint density at radius 3 is 2.40 bits per heavy atom. The molecule has 0 aliphatic rings. The SMILES string of the molecule is Cc1cc(C)n(-c2ccc(CNC(=O)c3cccn(Cc4ccccc4)c3=O)c(C(F)(F)F)c2)n1. The summed E-state index contributed by atoms with van der Waals surface area (Å²) in [6, 6.07) is 17.8. The van der Waals surface area contributed by atoms with E-state index in [1.165, 1.54) is 27.4 Å². The number of aromatic nitrogens is 3. The first-order valence-corrected chi connectivity index (χ1v) is 10.9. The van der Waals surface area contributed by atoms with Gasteiger partial charge in [0.25, 0.3) is 11.5 Å². The van der Waals surface area contributed by atoms with Crippen LogP contribution in [0.5, 0.6) is 0 Å². The summed E-state index contributed by atoms with van der Waals surface area (Å²) in [5.74, 6) is -0.742. The Balaban J connectivity index is 1.56. The predicted molar refractivity (Wildman–Crippen MR) is 125 cm³/mol. The molecule has 9 heteroatoms. The van der Waals surface area contributed by atoms with Gasteiger partial charge in [-0.2, -0.15) is 18.3 Å². The van der Waals surface area contributed by atoms with E-state index in [1.807, 2.05) is 30.3 Å². The summed E-state index contributed by atoms with van der Waals surface area (Å²) >= 11 is 0. The summed E-state index contributed by atoms with van der Waals surface area (Å²) in [5.41, 5.74) is 0.880. The molecule has 0 aliphatic carbocycles. The Morgan fingerprint density at radius 2 is 1.74 bits per heavy atom. The van der Waals surface area contributed by atoms with Crippen molar-refractivity contribution in [1.29, 1.82) is 0 Å². The maximum atomic E-state index is 13.8. The molecule has 1 amide bonds. The summed E-state index contributed by atoms with van der Waals surface area (Å²) in [4.78, 5) is 25.5. The van der Waals surface area contributed by atoms with Crippen LogP contribution in [0.15, 0.2) is 77.7 Å². The highest BCUT2D eigenvalue weighted by atomic mass is 19.4. The van der Waals surface area contributed by atoms with Crippen molar-refractivity contribution in [2.24, 2.45) is 0 Å². The van der Waals surface area contributed by atoms with Gasteiger partial charge >= 0.3 is 6.18 Å². The van der Waals surface area contributed by atoms with Crippen LogP contribution in [-0.2, 0) is 19.3 Å². The second-order valence-corrected chi connectivity index (χ2v) is 8.20. The number of rotatable bonds is 6. The molecule has 0 bridgehead atoms. The van der Waals surface area contributed by atoms with Gasteiger partial charge in [0.05, 0.1) is 23.5 Å². The van der Waals surface area contributed by atoms with Crippen LogP contribution in [-0.4, -0.2) is 20.3 Å². The van der Waals surface area contributed by atoms with Gasteiger partial charge in [0.2, 0.25) is 0 Å². The molecule has 0 aliphatic heterocycles. The molecular formula is C26H23F3N4O2. The fourth-order valence-electron chi connectivity index (χ4n) is 3.89. The van der Waals surface area contributed by atoms with E-state index >= 15 is 0 Å². The molecule has 0 radical (unpaired) electrons. The molecule has 2 aromatic carbocycles. The number of carbonyl (C=O) groups is 1. The summed E-state index contributed by atoms with van der Waals surface area (Å²) < 4.78 is 44.3. The Kier molecular flexibility index (Phi) is 6.59. The number of nitrogens with zero attached hydrogens (tertiary/aromatic N) is 3. The van der Waals surface area contributed by atoms with E-state index < -0.39 is 29.8 Å². The van der Waals surface area contributed by atoms with E-state index in [4.69, 9.17) is 0 Å². The Morgan fingerprint density at radius 1 is 1.00 bits per heavy atom. The van der Waals surface area contributed by atoms with Crippen LogP contribution in [0.1, 0.15) is 38.4 Å². The largest absolute Gasteiger partial charge is 0.416 e. The van der Waals surface area contributed by atoms with Crippen LogP contribution in [0, 0.1) is 13.8 Å². The lowest BCUT2D eigenvalue weighted by atomic mass is 10.1. The number of pyridine rings is 1. The van der Waals surface area contributed by atoms with Gasteiger partial charge in [-0.3, -0.25) is 9.59 Å². The first-order valence-electron chi connectivity index (χ1n) is 10.9. The molecule has 0 unspecified atom stereocenters. The minimum absolute atomic E-state index is 0.114. The summed E-state index contributed by atoms with van der Waals surface area (Å²) in [5, 5.41) is 6.70. The van der Waals surface area contributed by atoms with E-state index in [2.05, 4.69) is 10.4 Å². The number of amides is 1. The fourth-order valence-corrected chi connectivity index (χ4v) is 3.89. The third-order valence-corrected chi connectivity index (χ3v) is 5.55. The van der Waals surface area contributed by atoms with Gasteiger partial charge in [-0.1, -0.05) is 36.4 Å². The standard InChI is InChI=1S/C26H23F3N4O2/c1-17-13-18(2)33(31-17)21-11-10-20(23(14-21)26(27,28)29)15-30-24(34)22-9-6-12-32(25(22)35)16-19-7-4-3-5-8-19/h3-14H,15-16H2,1-2H3,(H,30,34). The zero-order chi connectivity index (χ0) is 25.2. The number of aryl methyl sites for hydroxylation is 2. The highest BCUT2D eigenvalue weighted by Crippen LogP contribution is 2.33. The van der Waals surface area contributed by atoms with Gasteiger partial charge in [-0.25, -0.2) is 4.68 Å². The molecule has 4 aromatic rings. The minimum atomic E-state index is -4.64. The molecule has 0 saturated carbocycles. The molecule has 2 aromatic heterocycles. The van der Waals surface area contributed by atoms with E-state index in [0.29, 0.717) is 11.4 Å². The van der Waals surface area contributed by atoms with Crippen molar-refractivity contribution in [1.82, 2.24) is 19.7 Å². The van der Waals surface area contributed by atoms with Crippen molar-refractivity contribution < 1.29 is 18.0 Å². The number of halogens is 3. The molecule has 4 rings (SSSR count). The number of alkyl halides is 3. The first kappa shape index (κ1) is 24.0. The number of carbonyl (C=O) groups excluding carboxylic acids is 1. The second kappa shape index (κ2) is 9.61. The van der Waals surface area contributed by atoms with Crippen molar-refractivity contribution in [3.05, 3.63) is 117 Å². The minimum Gasteiger partial charge on any atom is -0.348 e. The zero-order valence-corrected chi connectivity index (χ0v) is 19.1. The summed E-state index contributed by atoms with van der Waals surface area (Å²) in [6.07, 6.45) is -3.08. The zero-order valence-electron chi connectivity index (χ0n) is 19.1. The Labute approximate surface area is 199 Å². The monoisotopic (exact) mass is 480 g/mol. The van der Waals surface area contributed by atoms with E-state index in [1.54, 1.807) is 32.2 Å². The molecular weight excluding hydrogens is 457 g/mol. The van der Waals surface area contributed by atoms with Gasteiger partial charge < -0.3 is 9.88 Å². The number of hydrogen-bond acceptors (Lipinski definition) is 3. The quantitative estimate of drug-likeness (QED) is 0.437. The van der Waals surface area contributed by atoms with Crippen LogP contribution in [0.2, 0.25) is 0 Å². The van der Waals surface area contributed by atoms with Gasteiger partial charge in [-0.15, -0.1) is 0 Å². The van der Waals surface area contributed by atoms with E-state index in [9.17, 15) is 22.8 Å². The maximum absolute atomic E-state index is 13.8.